The Balaban J connectivity index is 1.34. The average Bonchev–Trinajstić information content (AvgIpc) is 3.10. The van der Waals surface area contributed by atoms with E-state index in [0.29, 0.717) is 22.7 Å². The van der Waals surface area contributed by atoms with E-state index in [9.17, 15) is 49.1 Å². The molecule has 278 valence electrons. The van der Waals surface area contributed by atoms with Crippen LogP contribution < -0.4 is 10.1 Å². The van der Waals surface area contributed by atoms with Gasteiger partial charge in [0.2, 0.25) is 0 Å². The average molecular weight is 794 g/mol. The lowest BCUT2D eigenvalue weighted by Gasteiger charge is -2.12. The number of hydrogen-bond donors (Lipinski definition) is 6. The zero-order valence-electron chi connectivity index (χ0n) is 27.8. The Hall–Kier alpha value is -6.03. The number of phenols is 2. The minimum absolute atomic E-state index is 0.00856. The van der Waals surface area contributed by atoms with E-state index >= 15 is 0 Å². The van der Waals surface area contributed by atoms with Crippen molar-refractivity contribution >= 4 is 86.0 Å². The zero-order chi connectivity index (χ0) is 39.2. The van der Waals surface area contributed by atoms with Crippen LogP contribution in [0, 0.1) is 6.92 Å². The molecule has 17 nitrogen and oxygen atoms in total. The fourth-order valence-electron chi connectivity index (χ4n) is 5.44. The van der Waals surface area contributed by atoms with Crippen molar-refractivity contribution in [2.45, 2.75) is 21.6 Å². The topological polar surface area (TPSA) is 274 Å². The molecule has 0 unspecified atom stereocenters. The lowest BCUT2D eigenvalue weighted by atomic mass is 10.1. The standard InChI is InChI=1S/C34H27N5O12S3/c1-18-12-28(29(40)17-27(18)37-36-22-15-26-25(31(16-22)53(45,46)47)4-3-5-30(26)52(42,43)44)38-39-33-32(54(48,49)50)14-19-13-21(8-11-24(19)34(33)41)35-20-6-9-23(51-2)10-7-20/h3-17,35,40-41H,1-2H3,(H,42,43,44)(H,45,46,47)(H,48,49,50). The summed E-state index contributed by atoms with van der Waals surface area (Å²) in [7, 11) is -13.2. The smallest absolute Gasteiger partial charge is 0.296 e. The molecule has 0 bridgehead atoms. The largest absolute Gasteiger partial charge is 0.506 e. The fraction of sp³-hybridized carbons (Fsp3) is 0.0588. The highest BCUT2D eigenvalue weighted by Gasteiger charge is 2.23. The number of anilines is 2. The van der Waals surface area contributed by atoms with Gasteiger partial charge in [-0.1, -0.05) is 12.1 Å². The summed E-state index contributed by atoms with van der Waals surface area (Å²) in [5.74, 6) is -0.531. The molecule has 0 atom stereocenters. The number of phenolic OH excluding ortho intramolecular Hbond substituents is 2. The predicted octanol–water partition coefficient (Wildman–Crippen LogP) is 8.04. The SMILES string of the molecule is COc1ccc(Nc2ccc3c(O)c(N=Nc4cc(C)c(N=Nc5cc(S(=O)(=O)O)c6cccc(S(=O)(=O)O)c6c5)cc4O)c(S(=O)(=O)O)cc3c2)cc1. The van der Waals surface area contributed by atoms with Gasteiger partial charge in [0, 0.05) is 33.6 Å². The summed E-state index contributed by atoms with van der Waals surface area (Å²) >= 11 is 0. The summed E-state index contributed by atoms with van der Waals surface area (Å²) < 4.78 is 108. The van der Waals surface area contributed by atoms with E-state index < -0.39 is 62.2 Å². The molecule has 0 aliphatic heterocycles. The molecule has 0 amide bonds. The second-order valence-electron chi connectivity index (χ2n) is 11.6. The van der Waals surface area contributed by atoms with Gasteiger partial charge < -0.3 is 20.3 Å². The molecule has 6 N–H and O–H groups in total. The molecule has 0 saturated carbocycles. The van der Waals surface area contributed by atoms with Crippen LogP contribution in [-0.4, -0.2) is 56.2 Å². The first-order chi connectivity index (χ1) is 25.3. The van der Waals surface area contributed by atoms with Crippen molar-refractivity contribution in [1.82, 2.24) is 0 Å². The van der Waals surface area contributed by atoms with E-state index in [-0.39, 0.29) is 38.6 Å². The minimum atomic E-state index is -4.97. The zero-order valence-corrected chi connectivity index (χ0v) is 30.2. The van der Waals surface area contributed by atoms with Crippen molar-refractivity contribution in [3.8, 4) is 17.2 Å². The molecule has 6 rings (SSSR count). The second kappa shape index (κ2) is 14.1. The maximum Gasteiger partial charge on any atom is 0.296 e. The molecule has 6 aromatic carbocycles. The molecular formula is C34H27N5O12S3. The van der Waals surface area contributed by atoms with Gasteiger partial charge in [-0.3, -0.25) is 13.7 Å². The molecule has 0 aromatic heterocycles. The lowest BCUT2D eigenvalue weighted by molar-refractivity contribution is 0.415. The van der Waals surface area contributed by atoms with Crippen molar-refractivity contribution < 1.29 is 53.9 Å². The van der Waals surface area contributed by atoms with Crippen LogP contribution in [0.5, 0.6) is 17.2 Å². The summed E-state index contributed by atoms with van der Waals surface area (Å²) in [5, 5.41) is 40.6. The Morgan fingerprint density at radius 2 is 1.24 bits per heavy atom. The van der Waals surface area contributed by atoms with Gasteiger partial charge in [-0.25, -0.2) is 0 Å². The lowest BCUT2D eigenvalue weighted by Crippen LogP contribution is -2.03. The van der Waals surface area contributed by atoms with Gasteiger partial charge in [-0.2, -0.15) is 35.5 Å². The summed E-state index contributed by atoms with van der Waals surface area (Å²) in [6.07, 6.45) is 0. The van der Waals surface area contributed by atoms with Gasteiger partial charge in [0.1, 0.15) is 37.6 Å². The van der Waals surface area contributed by atoms with Crippen molar-refractivity contribution in [2.75, 3.05) is 12.4 Å². The van der Waals surface area contributed by atoms with Crippen LogP contribution in [0.3, 0.4) is 0 Å². The van der Waals surface area contributed by atoms with Crippen molar-refractivity contribution in [3.05, 3.63) is 96.6 Å². The maximum absolute atomic E-state index is 12.4. The number of azo groups is 2. The van der Waals surface area contributed by atoms with Gasteiger partial charge in [0.15, 0.2) is 5.75 Å². The first kappa shape index (κ1) is 37.7. The van der Waals surface area contributed by atoms with E-state index in [0.717, 1.165) is 30.3 Å². The van der Waals surface area contributed by atoms with E-state index in [2.05, 4.69) is 25.8 Å². The van der Waals surface area contributed by atoms with Crippen molar-refractivity contribution in [2.24, 2.45) is 20.5 Å². The van der Waals surface area contributed by atoms with Crippen LogP contribution in [0.25, 0.3) is 21.5 Å². The number of ether oxygens (including phenoxy) is 1. The Morgan fingerprint density at radius 1 is 0.593 bits per heavy atom. The highest BCUT2D eigenvalue weighted by atomic mass is 32.2. The Morgan fingerprint density at radius 3 is 1.89 bits per heavy atom. The molecule has 54 heavy (non-hydrogen) atoms. The van der Waals surface area contributed by atoms with Gasteiger partial charge in [0.25, 0.3) is 30.4 Å². The van der Waals surface area contributed by atoms with Gasteiger partial charge in [-0.05, 0) is 90.7 Å². The van der Waals surface area contributed by atoms with Crippen LogP contribution in [0.1, 0.15) is 5.56 Å². The molecule has 0 radical (unpaired) electrons. The minimum Gasteiger partial charge on any atom is -0.506 e. The molecule has 0 spiro atoms. The number of aryl methyl sites for hydroxylation is 1. The molecule has 0 saturated heterocycles. The number of aromatic hydroxyl groups is 2. The fourth-order valence-corrected chi connectivity index (χ4v) is 7.52. The van der Waals surface area contributed by atoms with Gasteiger partial charge in [-0.15, -0.1) is 10.2 Å². The van der Waals surface area contributed by atoms with Crippen LogP contribution in [0.4, 0.5) is 34.1 Å². The van der Waals surface area contributed by atoms with E-state index in [1.165, 1.54) is 38.3 Å². The summed E-state index contributed by atoms with van der Waals surface area (Å²) in [6.45, 7) is 1.52. The number of nitrogens with one attached hydrogen (secondary N) is 1. The Bertz CT molecular complexity index is 2900. The molecule has 0 aliphatic carbocycles. The highest BCUT2D eigenvalue weighted by Crippen LogP contribution is 2.44. The predicted molar refractivity (Wildman–Crippen MR) is 196 cm³/mol. The van der Waals surface area contributed by atoms with Crippen molar-refractivity contribution in [3.63, 3.8) is 0 Å². The molecular weight excluding hydrogens is 767 g/mol. The maximum atomic E-state index is 12.4. The first-order valence-electron chi connectivity index (χ1n) is 15.2. The highest BCUT2D eigenvalue weighted by molar-refractivity contribution is 7.86. The van der Waals surface area contributed by atoms with E-state index in [1.807, 2.05) is 0 Å². The quantitative estimate of drug-likeness (QED) is 0.0566. The molecule has 0 fully saturated rings. The van der Waals surface area contributed by atoms with Crippen LogP contribution >= 0.6 is 0 Å². The second-order valence-corrected chi connectivity index (χ2v) is 15.8. The third-order valence-corrected chi connectivity index (χ3v) is 10.7. The summed E-state index contributed by atoms with van der Waals surface area (Å²) in [4.78, 5) is -2.12. The number of hydrogen-bond acceptors (Lipinski definition) is 14. The summed E-state index contributed by atoms with van der Waals surface area (Å²) in [6, 6.07) is 20.6. The molecule has 0 aliphatic rings. The number of rotatable bonds is 10. The Labute approximate surface area is 307 Å². The Kier molecular flexibility index (Phi) is 9.83. The number of methoxy groups -OCH3 is 1. The monoisotopic (exact) mass is 793 g/mol. The van der Waals surface area contributed by atoms with Gasteiger partial charge >= 0.3 is 0 Å². The normalized spacial score (nSPS) is 12.6. The van der Waals surface area contributed by atoms with Crippen molar-refractivity contribution in [1.29, 1.82) is 0 Å². The molecule has 20 heteroatoms. The van der Waals surface area contributed by atoms with Crippen LogP contribution in [-0.2, 0) is 30.4 Å². The third kappa shape index (κ3) is 7.83. The number of nitrogens with zero attached hydrogens (tertiary/aromatic N) is 4. The molecule has 0 heterocycles. The third-order valence-electron chi connectivity index (χ3n) is 7.99. The number of benzene rings is 6. The van der Waals surface area contributed by atoms with E-state index in [4.69, 9.17) is 4.74 Å². The first-order valence-corrected chi connectivity index (χ1v) is 19.5. The molecule has 6 aromatic rings. The van der Waals surface area contributed by atoms with Crippen LogP contribution in [0.15, 0.2) is 126 Å². The number of fused-ring (bicyclic) bond motifs is 2. The van der Waals surface area contributed by atoms with Crippen LogP contribution in [0.2, 0.25) is 0 Å². The van der Waals surface area contributed by atoms with Gasteiger partial charge in [0.05, 0.1) is 18.5 Å². The summed E-state index contributed by atoms with van der Waals surface area (Å²) in [5.41, 5.74) is 0.450. The van der Waals surface area contributed by atoms with E-state index in [1.54, 1.807) is 36.4 Å².